The number of fused-ring (bicyclic) bond motifs is 2. The average molecular weight is 475 g/mol. The van der Waals surface area contributed by atoms with Crippen LogP contribution in [0.1, 0.15) is 21.6 Å². The normalized spacial score (nSPS) is 16.2. The Morgan fingerprint density at radius 1 is 0.971 bits per heavy atom. The molecular weight excluding hydrogens is 444 g/mol. The summed E-state index contributed by atoms with van der Waals surface area (Å²) in [5.74, 6) is 0.191. The highest BCUT2D eigenvalue weighted by Gasteiger charge is 2.27. The van der Waals surface area contributed by atoms with E-state index in [-0.39, 0.29) is 12.5 Å². The number of hydrogen-bond acceptors (Lipinski definition) is 7. The van der Waals surface area contributed by atoms with Crippen LogP contribution in [0.4, 0.5) is 5.69 Å². The second-order valence-corrected chi connectivity index (χ2v) is 9.06. The van der Waals surface area contributed by atoms with Gasteiger partial charge in [0.1, 0.15) is 5.75 Å². The molecule has 0 unspecified atom stereocenters. The number of rotatable bonds is 5. The summed E-state index contributed by atoms with van der Waals surface area (Å²) in [6, 6.07) is 15.5. The van der Waals surface area contributed by atoms with Crippen LogP contribution in [-0.4, -0.2) is 80.1 Å². The van der Waals surface area contributed by atoms with Gasteiger partial charge in [-0.2, -0.15) is 0 Å². The number of methoxy groups -OCH3 is 1. The molecule has 3 heterocycles. The van der Waals surface area contributed by atoms with Crippen molar-refractivity contribution in [1.29, 1.82) is 0 Å². The molecule has 1 aromatic heterocycles. The minimum Gasteiger partial charge on any atom is -0.497 e. The molecule has 2 aliphatic heterocycles. The maximum Gasteiger partial charge on any atom is 0.339 e. The molecule has 1 amide bonds. The predicted octanol–water partition coefficient (Wildman–Crippen LogP) is 2.74. The van der Waals surface area contributed by atoms with Gasteiger partial charge in [-0.1, -0.05) is 18.2 Å². The fraction of sp³-hybridized carbons (Fsp3) is 0.370. The molecular formula is C27H30N4O4. The first kappa shape index (κ1) is 23.1. The number of esters is 1. The summed E-state index contributed by atoms with van der Waals surface area (Å²) in [5, 5.41) is 0.770. The van der Waals surface area contributed by atoms with Crippen LogP contribution in [-0.2, 0) is 22.5 Å². The first-order valence-corrected chi connectivity index (χ1v) is 12.0. The Balaban J connectivity index is 1.24. The van der Waals surface area contributed by atoms with Crippen molar-refractivity contribution in [2.24, 2.45) is 0 Å². The Labute approximate surface area is 205 Å². The van der Waals surface area contributed by atoms with Crippen molar-refractivity contribution in [3.05, 3.63) is 65.4 Å². The summed E-state index contributed by atoms with van der Waals surface area (Å²) in [6.45, 7) is 3.89. The molecule has 1 fully saturated rings. The Morgan fingerprint density at radius 2 is 1.71 bits per heavy atom. The Bertz CT molecular complexity index is 1240. The highest BCUT2D eigenvalue weighted by molar-refractivity contribution is 6.05. The summed E-state index contributed by atoms with van der Waals surface area (Å²) in [5.41, 5.74) is 4.26. The van der Waals surface area contributed by atoms with Crippen LogP contribution in [0.5, 0.6) is 5.75 Å². The summed E-state index contributed by atoms with van der Waals surface area (Å²) in [6.07, 6.45) is 0.786. The van der Waals surface area contributed by atoms with Crippen LogP contribution in [0.15, 0.2) is 48.5 Å². The zero-order valence-corrected chi connectivity index (χ0v) is 20.2. The minimum absolute atomic E-state index is 0.169. The van der Waals surface area contributed by atoms with Gasteiger partial charge in [0.05, 0.1) is 18.2 Å². The van der Waals surface area contributed by atoms with Crippen molar-refractivity contribution in [3.8, 4) is 5.75 Å². The first-order valence-electron chi connectivity index (χ1n) is 12.0. The van der Waals surface area contributed by atoms with Crippen LogP contribution in [0.2, 0.25) is 0 Å². The quantitative estimate of drug-likeness (QED) is 0.527. The van der Waals surface area contributed by atoms with Crippen LogP contribution in [0.25, 0.3) is 10.9 Å². The van der Waals surface area contributed by atoms with E-state index in [1.54, 1.807) is 12.0 Å². The summed E-state index contributed by atoms with van der Waals surface area (Å²) < 4.78 is 10.8. The van der Waals surface area contributed by atoms with E-state index in [0.29, 0.717) is 25.2 Å². The molecule has 5 rings (SSSR count). The maximum atomic E-state index is 13.3. The molecule has 8 nitrogen and oxygen atoms in total. The summed E-state index contributed by atoms with van der Waals surface area (Å²) in [7, 11) is 3.68. The van der Waals surface area contributed by atoms with Crippen molar-refractivity contribution in [1.82, 2.24) is 14.8 Å². The highest BCUT2D eigenvalue weighted by atomic mass is 16.5. The third-order valence-corrected chi connectivity index (χ3v) is 6.84. The van der Waals surface area contributed by atoms with Gasteiger partial charge >= 0.3 is 5.97 Å². The lowest BCUT2D eigenvalue weighted by Crippen LogP contribution is -2.49. The van der Waals surface area contributed by atoms with Gasteiger partial charge in [0.2, 0.25) is 0 Å². The zero-order chi connectivity index (χ0) is 24.4. The topological polar surface area (TPSA) is 75.2 Å². The summed E-state index contributed by atoms with van der Waals surface area (Å²) >= 11 is 0. The number of benzene rings is 2. The van der Waals surface area contributed by atoms with Crippen molar-refractivity contribution >= 4 is 28.5 Å². The summed E-state index contributed by atoms with van der Waals surface area (Å²) in [4.78, 5) is 37.1. The van der Waals surface area contributed by atoms with E-state index in [1.807, 2.05) is 55.6 Å². The second kappa shape index (κ2) is 9.92. The van der Waals surface area contributed by atoms with Crippen molar-refractivity contribution < 1.29 is 19.1 Å². The number of aromatic nitrogens is 1. The maximum absolute atomic E-state index is 13.3. The van der Waals surface area contributed by atoms with Gasteiger partial charge in [0.15, 0.2) is 6.61 Å². The van der Waals surface area contributed by atoms with Gasteiger partial charge in [-0.3, -0.25) is 9.78 Å². The lowest BCUT2D eigenvalue weighted by molar-refractivity contribution is -0.134. The number of nitrogens with zero attached hydrogens (tertiary/aromatic N) is 4. The molecule has 0 spiro atoms. The molecule has 0 saturated carbocycles. The van der Waals surface area contributed by atoms with Crippen molar-refractivity contribution in [3.63, 3.8) is 0 Å². The standard InChI is InChI=1S/C27H30N4O4/c1-29-12-11-24-22(17-29)26(21-5-3-4-6-23(21)28-24)27(33)35-18-25(32)31-15-13-30(14-16-31)19-7-9-20(34-2)10-8-19/h3-10H,11-18H2,1-2H3. The number of ether oxygens (including phenoxy) is 2. The number of anilines is 1. The molecule has 0 aliphatic carbocycles. The van der Waals surface area contributed by atoms with E-state index in [9.17, 15) is 9.59 Å². The molecule has 0 atom stereocenters. The van der Waals surface area contributed by atoms with Gasteiger partial charge in [-0.05, 0) is 37.4 Å². The molecule has 35 heavy (non-hydrogen) atoms. The smallest absolute Gasteiger partial charge is 0.339 e. The number of amides is 1. The minimum atomic E-state index is -0.458. The number of para-hydroxylation sites is 1. The SMILES string of the molecule is COc1ccc(N2CCN(C(=O)COC(=O)c3c4c(nc5ccccc35)CCN(C)C4)CC2)cc1. The number of carbonyl (C=O) groups is 2. The molecule has 0 bridgehead atoms. The lowest BCUT2D eigenvalue weighted by atomic mass is 9.96. The van der Waals surface area contributed by atoms with Crippen LogP contribution in [0, 0.1) is 0 Å². The fourth-order valence-electron chi connectivity index (χ4n) is 4.86. The molecule has 182 valence electrons. The fourth-order valence-corrected chi connectivity index (χ4v) is 4.86. The third-order valence-electron chi connectivity index (χ3n) is 6.84. The highest BCUT2D eigenvalue weighted by Crippen LogP contribution is 2.28. The molecule has 0 N–H and O–H groups in total. The number of likely N-dealkylation sites (N-methyl/N-ethyl adjacent to an activating group) is 1. The van der Waals surface area contributed by atoms with E-state index in [4.69, 9.17) is 14.5 Å². The van der Waals surface area contributed by atoms with Gasteiger partial charge in [-0.25, -0.2) is 4.79 Å². The van der Waals surface area contributed by atoms with Gasteiger partial charge in [0.25, 0.3) is 5.91 Å². The van der Waals surface area contributed by atoms with Crippen LogP contribution >= 0.6 is 0 Å². The van der Waals surface area contributed by atoms with E-state index in [2.05, 4.69) is 9.80 Å². The molecule has 8 heteroatoms. The monoisotopic (exact) mass is 474 g/mol. The third kappa shape index (κ3) is 4.79. The van der Waals surface area contributed by atoms with Gasteiger partial charge in [0, 0.05) is 68.0 Å². The number of pyridine rings is 1. The lowest BCUT2D eigenvalue weighted by Gasteiger charge is -2.36. The molecule has 3 aromatic rings. The first-order chi connectivity index (χ1) is 17.0. The number of carbonyl (C=O) groups excluding carboxylic acids is 2. The number of piperazine rings is 1. The Hall–Kier alpha value is -3.65. The van der Waals surface area contributed by atoms with E-state index in [0.717, 1.165) is 59.7 Å². The molecule has 1 saturated heterocycles. The predicted molar refractivity (Wildman–Crippen MR) is 134 cm³/mol. The number of hydrogen-bond donors (Lipinski definition) is 0. The van der Waals surface area contributed by atoms with Crippen LogP contribution in [0.3, 0.4) is 0 Å². The molecule has 0 radical (unpaired) electrons. The van der Waals surface area contributed by atoms with E-state index < -0.39 is 5.97 Å². The average Bonchev–Trinajstić information content (AvgIpc) is 2.90. The zero-order valence-electron chi connectivity index (χ0n) is 20.2. The van der Waals surface area contributed by atoms with Crippen molar-refractivity contribution in [2.45, 2.75) is 13.0 Å². The van der Waals surface area contributed by atoms with Crippen molar-refractivity contribution in [2.75, 3.05) is 58.4 Å². The molecule has 2 aliphatic rings. The molecule has 2 aromatic carbocycles. The van der Waals surface area contributed by atoms with Gasteiger partial charge in [-0.15, -0.1) is 0 Å². The second-order valence-electron chi connectivity index (χ2n) is 9.06. The van der Waals surface area contributed by atoms with E-state index in [1.165, 1.54) is 0 Å². The largest absolute Gasteiger partial charge is 0.497 e. The Kier molecular flexibility index (Phi) is 6.55. The van der Waals surface area contributed by atoms with Gasteiger partial charge < -0.3 is 24.2 Å². The van der Waals surface area contributed by atoms with Crippen LogP contribution < -0.4 is 9.64 Å². The van der Waals surface area contributed by atoms with E-state index >= 15 is 0 Å². The Morgan fingerprint density at radius 3 is 2.46 bits per heavy atom.